The summed E-state index contributed by atoms with van der Waals surface area (Å²) in [6.45, 7) is 2.17. The molecule has 0 heterocycles. The molecule has 5 aromatic carbocycles. The van der Waals surface area contributed by atoms with E-state index in [0.717, 1.165) is 27.5 Å². The molecule has 1 atom stereocenters. The standard InChI is InChI=1S/C34H29NO3S/c1-34(22-25-10-4-2-5-11-25)23-29-16-18-30(21-32(29)33(34)36)35(24-26-12-6-3-7-13-26)39(37,38)31-19-17-27-14-8-9-15-28(27)20-31/h2-21H,22-24H2,1H3. The monoisotopic (exact) mass is 531 g/mol. The molecule has 4 nitrogen and oxygen atoms in total. The first kappa shape index (κ1) is 25.1. The fourth-order valence-electron chi connectivity index (χ4n) is 5.62. The lowest BCUT2D eigenvalue weighted by Gasteiger charge is -2.25. The number of fused-ring (bicyclic) bond motifs is 2. The third-order valence-electron chi connectivity index (χ3n) is 7.67. The van der Waals surface area contributed by atoms with Crippen LogP contribution in [-0.2, 0) is 29.4 Å². The lowest BCUT2D eigenvalue weighted by molar-refractivity contribution is 0.0842. The molecule has 1 unspecified atom stereocenters. The van der Waals surface area contributed by atoms with Gasteiger partial charge in [-0.2, -0.15) is 0 Å². The summed E-state index contributed by atoms with van der Waals surface area (Å²) in [5.41, 5.74) is 3.48. The summed E-state index contributed by atoms with van der Waals surface area (Å²) in [7, 11) is -3.93. The first-order chi connectivity index (χ1) is 18.8. The molecule has 0 N–H and O–H groups in total. The maximum absolute atomic E-state index is 14.2. The van der Waals surface area contributed by atoms with E-state index >= 15 is 0 Å². The van der Waals surface area contributed by atoms with Crippen LogP contribution in [0.1, 0.15) is 34.0 Å². The Morgan fingerprint density at radius 1 is 0.718 bits per heavy atom. The van der Waals surface area contributed by atoms with Gasteiger partial charge >= 0.3 is 0 Å². The maximum Gasteiger partial charge on any atom is 0.264 e. The van der Waals surface area contributed by atoms with Gasteiger partial charge in [-0.25, -0.2) is 8.42 Å². The topological polar surface area (TPSA) is 54.5 Å². The third kappa shape index (κ3) is 4.75. The van der Waals surface area contributed by atoms with Crippen LogP contribution in [0.5, 0.6) is 0 Å². The van der Waals surface area contributed by atoms with Crippen LogP contribution in [0.2, 0.25) is 0 Å². The van der Waals surface area contributed by atoms with Crippen molar-refractivity contribution < 1.29 is 13.2 Å². The lowest BCUT2D eigenvalue weighted by atomic mass is 9.80. The minimum absolute atomic E-state index is 0.0611. The van der Waals surface area contributed by atoms with Gasteiger partial charge in [-0.05, 0) is 64.6 Å². The lowest BCUT2D eigenvalue weighted by Crippen LogP contribution is -2.31. The number of carbonyl (C=O) groups is 1. The normalized spacial score (nSPS) is 16.8. The van der Waals surface area contributed by atoms with E-state index in [1.54, 1.807) is 18.2 Å². The number of hydrogen-bond donors (Lipinski definition) is 0. The van der Waals surface area contributed by atoms with Crippen LogP contribution in [-0.4, -0.2) is 14.2 Å². The Balaban J connectivity index is 1.41. The third-order valence-corrected chi connectivity index (χ3v) is 9.44. The van der Waals surface area contributed by atoms with E-state index in [1.165, 1.54) is 4.31 Å². The largest absolute Gasteiger partial charge is 0.294 e. The van der Waals surface area contributed by atoms with Crippen molar-refractivity contribution in [2.24, 2.45) is 5.41 Å². The molecule has 0 fully saturated rings. The van der Waals surface area contributed by atoms with Crippen LogP contribution in [0.15, 0.2) is 126 Å². The minimum Gasteiger partial charge on any atom is -0.294 e. The number of carbonyl (C=O) groups excluding carboxylic acids is 1. The van der Waals surface area contributed by atoms with E-state index in [0.29, 0.717) is 24.1 Å². The Kier molecular flexibility index (Phi) is 6.32. The minimum atomic E-state index is -3.93. The summed E-state index contributed by atoms with van der Waals surface area (Å²) in [6.07, 6.45) is 1.27. The molecular weight excluding hydrogens is 502 g/mol. The van der Waals surface area contributed by atoms with Gasteiger partial charge in [0.05, 0.1) is 17.1 Å². The number of anilines is 1. The SMILES string of the molecule is CC1(Cc2ccccc2)Cc2ccc(N(Cc3ccccc3)S(=O)(=O)c3ccc4ccccc4c3)cc2C1=O. The van der Waals surface area contributed by atoms with Crippen LogP contribution in [0.4, 0.5) is 5.69 Å². The van der Waals surface area contributed by atoms with E-state index in [9.17, 15) is 13.2 Å². The van der Waals surface area contributed by atoms with Crippen molar-refractivity contribution in [1.82, 2.24) is 0 Å². The Hall–Kier alpha value is -4.22. The zero-order valence-corrected chi connectivity index (χ0v) is 22.6. The first-order valence-corrected chi connectivity index (χ1v) is 14.5. The van der Waals surface area contributed by atoms with Gasteiger partial charge in [0.15, 0.2) is 5.78 Å². The molecule has 0 aliphatic heterocycles. The molecule has 6 rings (SSSR count). The van der Waals surface area contributed by atoms with Crippen LogP contribution in [0.25, 0.3) is 10.8 Å². The van der Waals surface area contributed by atoms with Gasteiger partial charge in [-0.15, -0.1) is 0 Å². The van der Waals surface area contributed by atoms with Crippen molar-refractivity contribution in [3.8, 4) is 0 Å². The van der Waals surface area contributed by atoms with Crippen LogP contribution in [0, 0.1) is 5.41 Å². The van der Waals surface area contributed by atoms with E-state index in [-0.39, 0.29) is 17.2 Å². The van der Waals surface area contributed by atoms with Gasteiger partial charge in [-0.3, -0.25) is 9.10 Å². The van der Waals surface area contributed by atoms with Gasteiger partial charge in [0.25, 0.3) is 10.0 Å². The summed E-state index contributed by atoms with van der Waals surface area (Å²) in [6, 6.07) is 38.0. The molecule has 0 saturated carbocycles. The number of Topliss-reactive ketones (excluding diaryl/α,β-unsaturated/α-hetero) is 1. The second-order valence-corrected chi connectivity index (χ2v) is 12.4. The molecule has 1 aliphatic rings. The van der Waals surface area contributed by atoms with Crippen molar-refractivity contribution in [2.75, 3.05) is 4.31 Å². The van der Waals surface area contributed by atoms with Crippen molar-refractivity contribution in [3.05, 3.63) is 144 Å². The molecule has 0 aromatic heterocycles. The van der Waals surface area contributed by atoms with Crippen molar-refractivity contribution in [3.63, 3.8) is 0 Å². The number of nitrogens with zero attached hydrogens (tertiary/aromatic N) is 1. The zero-order valence-electron chi connectivity index (χ0n) is 21.7. The van der Waals surface area contributed by atoms with Gasteiger partial charge < -0.3 is 0 Å². The number of benzene rings is 5. The molecule has 1 aliphatic carbocycles. The van der Waals surface area contributed by atoms with E-state index < -0.39 is 15.4 Å². The molecule has 0 radical (unpaired) electrons. The summed E-state index contributed by atoms with van der Waals surface area (Å²) in [4.78, 5) is 14.0. The fourth-order valence-corrected chi connectivity index (χ4v) is 7.10. The molecule has 0 amide bonds. The predicted octanol–water partition coefficient (Wildman–Crippen LogP) is 7.22. The molecule has 0 bridgehead atoms. The Morgan fingerprint density at radius 3 is 2.08 bits per heavy atom. The van der Waals surface area contributed by atoms with Gasteiger partial charge in [-0.1, -0.05) is 104 Å². The Bertz CT molecular complexity index is 1780. The highest BCUT2D eigenvalue weighted by Gasteiger charge is 2.42. The van der Waals surface area contributed by atoms with Crippen molar-refractivity contribution in [1.29, 1.82) is 0 Å². The number of rotatable bonds is 7. The molecular formula is C34H29NO3S. The summed E-state index contributed by atoms with van der Waals surface area (Å²) >= 11 is 0. The van der Waals surface area contributed by atoms with E-state index in [4.69, 9.17) is 0 Å². The average Bonchev–Trinajstić information content (AvgIpc) is 3.21. The maximum atomic E-state index is 14.2. The Labute approximate surface area is 229 Å². The number of hydrogen-bond acceptors (Lipinski definition) is 3. The highest BCUT2D eigenvalue weighted by atomic mass is 32.2. The first-order valence-electron chi connectivity index (χ1n) is 13.1. The predicted molar refractivity (Wildman–Crippen MR) is 156 cm³/mol. The Morgan fingerprint density at radius 2 is 1.36 bits per heavy atom. The summed E-state index contributed by atoms with van der Waals surface area (Å²) in [5, 5.41) is 1.84. The second-order valence-electron chi connectivity index (χ2n) is 10.6. The number of sulfonamides is 1. The molecule has 194 valence electrons. The molecule has 39 heavy (non-hydrogen) atoms. The van der Waals surface area contributed by atoms with Crippen LogP contribution >= 0.6 is 0 Å². The summed E-state index contributed by atoms with van der Waals surface area (Å²) in [5.74, 6) is 0.0611. The molecule has 0 spiro atoms. The van der Waals surface area contributed by atoms with Gasteiger partial charge in [0, 0.05) is 11.0 Å². The van der Waals surface area contributed by atoms with E-state index in [2.05, 4.69) is 0 Å². The smallest absolute Gasteiger partial charge is 0.264 e. The fraction of sp³-hybridized carbons (Fsp3) is 0.147. The van der Waals surface area contributed by atoms with Crippen molar-refractivity contribution >= 4 is 32.3 Å². The van der Waals surface area contributed by atoms with Gasteiger partial charge in [0.2, 0.25) is 0 Å². The molecule has 0 saturated heterocycles. The van der Waals surface area contributed by atoms with Crippen LogP contribution < -0.4 is 4.31 Å². The van der Waals surface area contributed by atoms with Crippen molar-refractivity contribution in [2.45, 2.75) is 31.2 Å². The molecule has 5 aromatic rings. The van der Waals surface area contributed by atoms with Gasteiger partial charge in [0.1, 0.15) is 0 Å². The summed E-state index contributed by atoms with van der Waals surface area (Å²) < 4.78 is 29.8. The molecule has 5 heteroatoms. The van der Waals surface area contributed by atoms with E-state index in [1.807, 2.05) is 110 Å². The zero-order chi connectivity index (χ0) is 27.0. The van der Waals surface area contributed by atoms with Crippen LogP contribution in [0.3, 0.4) is 0 Å². The number of ketones is 1. The quantitative estimate of drug-likeness (QED) is 0.223. The average molecular weight is 532 g/mol. The second kappa shape index (κ2) is 9.83. The highest BCUT2D eigenvalue weighted by molar-refractivity contribution is 7.92. The highest BCUT2D eigenvalue weighted by Crippen LogP contribution is 2.41.